The van der Waals surface area contributed by atoms with Crippen LogP contribution in [0.4, 0.5) is 17.1 Å². The van der Waals surface area contributed by atoms with Crippen LogP contribution in [0.3, 0.4) is 0 Å². The van der Waals surface area contributed by atoms with Crippen molar-refractivity contribution in [2.24, 2.45) is 0 Å². The summed E-state index contributed by atoms with van der Waals surface area (Å²) in [6.45, 7) is 1.97. The minimum absolute atomic E-state index is 0.0916. The molecule has 2 N–H and O–H groups in total. The summed E-state index contributed by atoms with van der Waals surface area (Å²) in [4.78, 5) is 0. The number of para-hydroxylation sites is 2. The number of benzene rings is 2. The monoisotopic (exact) mass is 244 g/mol. The lowest BCUT2D eigenvalue weighted by molar-refractivity contribution is -0.766. The maximum Gasteiger partial charge on any atom is 0.197 e. The summed E-state index contributed by atoms with van der Waals surface area (Å²) in [5, 5.41) is 23.6. The molecule has 0 bridgehead atoms. The molecule has 0 saturated carbocycles. The van der Waals surface area contributed by atoms with Crippen LogP contribution in [-0.2, 0) is 0 Å². The first kappa shape index (κ1) is 12.7. The van der Waals surface area contributed by atoms with Gasteiger partial charge in [-0.3, -0.25) is 0 Å². The molecule has 0 aliphatic rings. The molecule has 4 nitrogen and oxygen atoms in total. The lowest BCUT2D eigenvalue weighted by atomic mass is 10.2. The largest absolute Gasteiger partial charge is 0.629 e. The molecule has 4 heteroatoms. The van der Waals surface area contributed by atoms with Gasteiger partial charge in [-0.25, -0.2) is 0 Å². The summed E-state index contributed by atoms with van der Waals surface area (Å²) in [5.74, 6) is 0. The Morgan fingerprint density at radius 1 is 0.833 bits per heavy atom. The number of hydroxylamine groups is 1. The predicted octanol–water partition coefficient (Wildman–Crippen LogP) is 0.985. The zero-order valence-electron chi connectivity index (χ0n) is 10.4. The van der Waals surface area contributed by atoms with Gasteiger partial charge in [-0.05, 0) is 6.92 Å². The first-order valence-electron chi connectivity index (χ1n) is 5.81. The SMILES string of the molecule is Cc1ccc([NH+]([O-])c2ccccc2[NH+](C)[O-])cc1. The van der Waals surface area contributed by atoms with Gasteiger partial charge in [0.15, 0.2) is 11.4 Å². The maximum atomic E-state index is 12.3. The van der Waals surface area contributed by atoms with Gasteiger partial charge in [0, 0.05) is 24.3 Å². The zero-order chi connectivity index (χ0) is 13.1. The fourth-order valence-electron chi connectivity index (χ4n) is 1.85. The fourth-order valence-corrected chi connectivity index (χ4v) is 1.85. The Balaban J connectivity index is 2.39. The van der Waals surface area contributed by atoms with Gasteiger partial charge < -0.3 is 20.5 Å². The summed E-state index contributed by atoms with van der Waals surface area (Å²) in [6.07, 6.45) is 0. The highest BCUT2D eigenvalue weighted by Gasteiger charge is 2.14. The Morgan fingerprint density at radius 3 is 1.94 bits per heavy atom. The van der Waals surface area contributed by atoms with E-state index in [-0.39, 0.29) is 10.1 Å². The van der Waals surface area contributed by atoms with Gasteiger partial charge in [-0.1, -0.05) is 29.8 Å². The lowest BCUT2D eigenvalue weighted by Crippen LogP contribution is -3.03. The van der Waals surface area contributed by atoms with Crippen LogP contribution in [0.15, 0.2) is 48.5 Å². The number of aryl methyl sites for hydroxylation is 1. The Morgan fingerprint density at radius 2 is 1.39 bits per heavy atom. The van der Waals surface area contributed by atoms with Crippen LogP contribution in [0.5, 0.6) is 0 Å². The van der Waals surface area contributed by atoms with Crippen LogP contribution < -0.4 is 10.1 Å². The zero-order valence-corrected chi connectivity index (χ0v) is 10.4. The van der Waals surface area contributed by atoms with E-state index in [0.717, 1.165) is 5.56 Å². The molecule has 0 aliphatic carbocycles. The predicted molar refractivity (Wildman–Crippen MR) is 71.2 cm³/mol. The molecule has 2 unspecified atom stereocenters. The van der Waals surface area contributed by atoms with Crippen molar-refractivity contribution in [3.05, 3.63) is 64.5 Å². The van der Waals surface area contributed by atoms with Crippen molar-refractivity contribution in [2.45, 2.75) is 6.92 Å². The van der Waals surface area contributed by atoms with Crippen molar-refractivity contribution in [3.8, 4) is 0 Å². The van der Waals surface area contributed by atoms with Crippen LogP contribution in [-0.4, -0.2) is 7.05 Å². The van der Waals surface area contributed by atoms with E-state index in [4.69, 9.17) is 0 Å². The molecule has 0 heterocycles. The van der Waals surface area contributed by atoms with Crippen LogP contribution in [0.2, 0.25) is 0 Å². The molecule has 94 valence electrons. The van der Waals surface area contributed by atoms with Crippen molar-refractivity contribution in [1.29, 1.82) is 0 Å². The van der Waals surface area contributed by atoms with Crippen molar-refractivity contribution in [3.63, 3.8) is 0 Å². The highest BCUT2D eigenvalue weighted by Crippen LogP contribution is 2.15. The molecule has 0 aliphatic heterocycles. The van der Waals surface area contributed by atoms with Crippen LogP contribution in [0.1, 0.15) is 5.56 Å². The quantitative estimate of drug-likeness (QED) is 0.791. The first-order valence-corrected chi connectivity index (χ1v) is 5.81. The third-order valence-corrected chi connectivity index (χ3v) is 2.86. The van der Waals surface area contributed by atoms with E-state index in [1.165, 1.54) is 7.05 Å². The van der Waals surface area contributed by atoms with Gasteiger partial charge in [-0.2, -0.15) is 0 Å². The Hall–Kier alpha value is -1.72. The topological polar surface area (TPSA) is 55.0 Å². The molecule has 2 aromatic carbocycles. The van der Waals surface area contributed by atoms with E-state index in [1.54, 1.807) is 36.4 Å². The van der Waals surface area contributed by atoms with Crippen molar-refractivity contribution in [1.82, 2.24) is 0 Å². The first-order chi connectivity index (χ1) is 8.59. The van der Waals surface area contributed by atoms with Crippen molar-refractivity contribution in [2.75, 3.05) is 7.05 Å². The second-order valence-corrected chi connectivity index (χ2v) is 4.30. The van der Waals surface area contributed by atoms with E-state index in [9.17, 15) is 10.4 Å². The number of quaternary nitrogens is 2. The third kappa shape index (κ3) is 2.57. The maximum absolute atomic E-state index is 12.3. The molecular weight excluding hydrogens is 228 g/mol. The minimum Gasteiger partial charge on any atom is -0.629 e. The molecule has 0 saturated heterocycles. The summed E-state index contributed by atoms with van der Waals surface area (Å²) >= 11 is 0. The normalized spacial score (nSPS) is 14.2. The summed E-state index contributed by atoms with van der Waals surface area (Å²) in [7, 11) is 1.47. The van der Waals surface area contributed by atoms with Crippen molar-refractivity contribution >= 4 is 17.1 Å². The number of hydrogen-bond acceptors (Lipinski definition) is 2. The Labute approximate surface area is 106 Å². The van der Waals surface area contributed by atoms with Gasteiger partial charge in [-0.15, -0.1) is 0 Å². The highest BCUT2D eigenvalue weighted by molar-refractivity contribution is 5.53. The van der Waals surface area contributed by atoms with Crippen LogP contribution in [0.25, 0.3) is 0 Å². The fraction of sp³-hybridized carbons (Fsp3) is 0.143. The summed E-state index contributed by atoms with van der Waals surface area (Å²) in [5.41, 5.74) is 2.65. The number of nitrogens with one attached hydrogen (secondary N) is 2. The number of rotatable bonds is 3. The van der Waals surface area contributed by atoms with Crippen molar-refractivity contribution < 1.29 is 10.1 Å². The highest BCUT2D eigenvalue weighted by atomic mass is 16.5. The van der Waals surface area contributed by atoms with Gasteiger partial charge in [0.25, 0.3) is 0 Å². The van der Waals surface area contributed by atoms with Gasteiger partial charge >= 0.3 is 0 Å². The third-order valence-electron chi connectivity index (χ3n) is 2.86. The second-order valence-electron chi connectivity index (χ2n) is 4.30. The molecule has 0 aromatic heterocycles. The van der Waals surface area contributed by atoms with E-state index in [1.807, 2.05) is 19.1 Å². The Kier molecular flexibility index (Phi) is 3.74. The average molecular weight is 244 g/mol. The van der Waals surface area contributed by atoms with E-state index < -0.39 is 0 Å². The molecule has 0 amide bonds. The molecule has 0 spiro atoms. The number of hydrogen-bond donors (Lipinski definition) is 2. The lowest BCUT2D eigenvalue weighted by Gasteiger charge is -2.25. The van der Waals surface area contributed by atoms with Gasteiger partial charge in [0.2, 0.25) is 0 Å². The van der Waals surface area contributed by atoms with E-state index in [2.05, 4.69) is 0 Å². The Bertz CT molecular complexity index is 524. The second kappa shape index (κ2) is 5.29. The standard InChI is InChI=1S/C14H16N2O2/c1-11-7-9-12(10-8-11)16(18)14-6-4-3-5-13(14)15(2)17/h3-10,15-16H,1-2H3. The van der Waals surface area contributed by atoms with Gasteiger partial charge in [0.1, 0.15) is 5.69 Å². The smallest absolute Gasteiger partial charge is 0.197 e. The van der Waals surface area contributed by atoms with E-state index >= 15 is 0 Å². The molecule has 18 heavy (non-hydrogen) atoms. The van der Waals surface area contributed by atoms with E-state index in [0.29, 0.717) is 17.1 Å². The molecular formula is C14H16N2O2. The summed E-state index contributed by atoms with van der Waals surface area (Å²) in [6, 6.07) is 14.3. The molecule has 2 atom stereocenters. The molecule has 0 radical (unpaired) electrons. The van der Waals surface area contributed by atoms with Crippen LogP contribution in [0, 0.1) is 17.3 Å². The molecule has 2 rings (SSSR count). The average Bonchev–Trinajstić information content (AvgIpc) is 2.39. The summed E-state index contributed by atoms with van der Waals surface area (Å²) < 4.78 is 0. The minimum atomic E-state index is -0.110. The molecule has 2 aromatic rings. The molecule has 0 fully saturated rings. The van der Waals surface area contributed by atoms with Crippen LogP contribution >= 0.6 is 0 Å². The van der Waals surface area contributed by atoms with Gasteiger partial charge in [0.05, 0.1) is 7.05 Å².